The second kappa shape index (κ2) is 9.30. The van der Waals surface area contributed by atoms with E-state index >= 15 is 0 Å². The molecule has 0 amide bonds. The average Bonchev–Trinajstić information content (AvgIpc) is 2.61. The Morgan fingerprint density at radius 3 is 2.50 bits per heavy atom. The topological polar surface area (TPSA) is 69.7 Å². The Balaban J connectivity index is 1.75. The number of rotatable bonds is 7. The van der Waals surface area contributed by atoms with Crippen LogP contribution in [0.5, 0.6) is 0 Å². The predicted octanol–water partition coefficient (Wildman–Crippen LogP) is 2.97. The van der Waals surface area contributed by atoms with Crippen molar-refractivity contribution in [2.45, 2.75) is 18.7 Å². The smallest absolute Gasteiger partial charge is 0.297 e. The number of hydrogen-bond donors (Lipinski definition) is 0. The van der Waals surface area contributed by atoms with Crippen LogP contribution in [0.1, 0.15) is 28.4 Å². The van der Waals surface area contributed by atoms with Crippen molar-refractivity contribution in [2.75, 3.05) is 19.8 Å². The van der Waals surface area contributed by atoms with Crippen LogP contribution >= 0.6 is 0 Å². The molecule has 0 saturated carbocycles. The maximum atomic E-state index is 12.0. The van der Waals surface area contributed by atoms with Crippen LogP contribution in [-0.2, 0) is 19.0 Å². The largest absolute Gasteiger partial charge is 0.366 e. The lowest BCUT2D eigenvalue weighted by molar-refractivity contribution is 0.101. The summed E-state index contributed by atoms with van der Waals surface area (Å²) in [4.78, 5) is 11.4. The molecule has 0 bridgehead atoms. The average molecular weight is 372 g/mol. The molecular weight excluding hydrogens is 352 g/mol. The zero-order valence-corrected chi connectivity index (χ0v) is 15.5. The molecule has 0 aliphatic heterocycles. The molecular formula is C20H20O5S. The van der Waals surface area contributed by atoms with Crippen LogP contribution in [0.25, 0.3) is 0 Å². The van der Waals surface area contributed by atoms with E-state index in [0.29, 0.717) is 5.56 Å². The fraction of sp³-hybridized carbons (Fsp3) is 0.250. The second-order valence-corrected chi connectivity index (χ2v) is 7.20. The number of benzene rings is 2. The molecule has 0 saturated heterocycles. The van der Waals surface area contributed by atoms with Crippen molar-refractivity contribution in [2.24, 2.45) is 0 Å². The Bertz CT molecular complexity index is 919. The van der Waals surface area contributed by atoms with Gasteiger partial charge in [0.25, 0.3) is 10.1 Å². The van der Waals surface area contributed by atoms with Crippen LogP contribution < -0.4 is 0 Å². The Labute approximate surface area is 154 Å². The molecule has 2 aromatic rings. The van der Waals surface area contributed by atoms with E-state index < -0.39 is 10.1 Å². The summed E-state index contributed by atoms with van der Waals surface area (Å²) in [6.45, 7) is 3.53. The second-order valence-electron chi connectivity index (χ2n) is 5.58. The summed E-state index contributed by atoms with van der Waals surface area (Å²) in [6, 6.07) is 13.5. The van der Waals surface area contributed by atoms with Crippen LogP contribution in [-0.4, -0.2) is 34.0 Å². The Hall–Kier alpha value is -2.46. The fourth-order valence-corrected chi connectivity index (χ4v) is 2.95. The number of hydrogen-bond acceptors (Lipinski definition) is 5. The summed E-state index contributed by atoms with van der Waals surface area (Å²) in [5, 5.41) is 0. The van der Waals surface area contributed by atoms with Crippen LogP contribution in [0.4, 0.5) is 0 Å². The van der Waals surface area contributed by atoms with E-state index in [4.69, 9.17) is 8.92 Å². The lowest BCUT2D eigenvalue weighted by Crippen LogP contribution is -2.11. The molecule has 0 unspecified atom stereocenters. The van der Waals surface area contributed by atoms with Crippen LogP contribution in [0.2, 0.25) is 0 Å². The van der Waals surface area contributed by atoms with Gasteiger partial charge in [-0.25, -0.2) is 0 Å². The summed E-state index contributed by atoms with van der Waals surface area (Å²) in [7, 11) is -3.77. The maximum absolute atomic E-state index is 12.0. The Morgan fingerprint density at radius 1 is 1.08 bits per heavy atom. The van der Waals surface area contributed by atoms with Gasteiger partial charge in [0.2, 0.25) is 0 Å². The zero-order valence-electron chi connectivity index (χ0n) is 14.7. The summed E-state index contributed by atoms with van der Waals surface area (Å²) in [5.74, 6) is 5.69. The van der Waals surface area contributed by atoms with Gasteiger partial charge >= 0.3 is 0 Å². The molecule has 26 heavy (non-hydrogen) atoms. The third-order valence-corrected chi connectivity index (χ3v) is 4.78. The standard InChI is InChI=1S/C20H20O5S/c1-16-8-10-20(11-9-16)26(22,23)25-14-13-24-12-4-6-18-5-3-7-19(15-18)17(2)21/h3,5,7-11,15H,12-14H2,1-2H3. The summed E-state index contributed by atoms with van der Waals surface area (Å²) < 4.78 is 34.1. The van der Waals surface area contributed by atoms with Gasteiger partial charge in [-0.3, -0.25) is 8.98 Å². The van der Waals surface area contributed by atoms with Crippen molar-refractivity contribution in [1.29, 1.82) is 0 Å². The molecule has 0 heterocycles. The van der Waals surface area contributed by atoms with E-state index in [1.54, 1.807) is 36.4 Å². The van der Waals surface area contributed by atoms with E-state index in [9.17, 15) is 13.2 Å². The number of aryl methyl sites for hydroxylation is 1. The van der Waals surface area contributed by atoms with E-state index in [2.05, 4.69) is 11.8 Å². The minimum Gasteiger partial charge on any atom is -0.366 e. The van der Waals surface area contributed by atoms with Gasteiger partial charge in [-0.05, 0) is 38.1 Å². The molecule has 6 heteroatoms. The third kappa shape index (κ3) is 6.12. The first kappa shape index (κ1) is 19.9. The third-order valence-electron chi connectivity index (χ3n) is 3.45. The molecule has 0 spiro atoms. The first-order valence-electron chi connectivity index (χ1n) is 8.02. The highest BCUT2D eigenvalue weighted by Crippen LogP contribution is 2.12. The van der Waals surface area contributed by atoms with Gasteiger partial charge in [-0.15, -0.1) is 0 Å². The van der Waals surface area contributed by atoms with Crippen LogP contribution in [0.15, 0.2) is 53.4 Å². The molecule has 0 aliphatic carbocycles. The van der Waals surface area contributed by atoms with Gasteiger partial charge in [-0.2, -0.15) is 8.42 Å². The predicted molar refractivity (Wildman–Crippen MR) is 98.5 cm³/mol. The molecule has 0 aromatic heterocycles. The van der Waals surface area contributed by atoms with E-state index in [0.717, 1.165) is 11.1 Å². The van der Waals surface area contributed by atoms with Gasteiger partial charge in [0.15, 0.2) is 5.78 Å². The summed E-state index contributed by atoms with van der Waals surface area (Å²) in [5.41, 5.74) is 2.30. The highest BCUT2D eigenvalue weighted by molar-refractivity contribution is 7.86. The minimum absolute atomic E-state index is 0.0168. The molecule has 0 N–H and O–H groups in total. The maximum Gasteiger partial charge on any atom is 0.297 e. The van der Waals surface area contributed by atoms with Gasteiger partial charge in [-0.1, -0.05) is 41.7 Å². The van der Waals surface area contributed by atoms with Crippen molar-refractivity contribution in [3.8, 4) is 11.8 Å². The first-order valence-corrected chi connectivity index (χ1v) is 9.43. The first-order chi connectivity index (χ1) is 12.4. The zero-order chi connectivity index (χ0) is 19.0. The molecule has 0 atom stereocenters. The minimum atomic E-state index is -3.77. The lowest BCUT2D eigenvalue weighted by Gasteiger charge is -2.05. The fourth-order valence-electron chi connectivity index (χ4n) is 2.05. The summed E-state index contributed by atoms with van der Waals surface area (Å²) >= 11 is 0. The van der Waals surface area contributed by atoms with E-state index in [-0.39, 0.29) is 30.5 Å². The van der Waals surface area contributed by atoms with Crippen molar-refractivity contribution in [3.05, 3.63) is 65.2 Å². The van der Waals surface area contributed by atoms with Crippen molar-refractivity contribution < 1.29 is 22.1 Å². The number of carbonyl (C=O) groups is 1. The summed E-state index contributed by atoms with van der Waals surface area (Å²) in [6.07, 6.45) is 0. The SMILES string of the molecule is CC(=O)c1cccc(C#CCOCCOS(=O)(=O)c2ccc(C)cc2)c1. The molecule has 5 nitrogen and oxygen atoms in total. The van der Waals surface area contributed by atoms with E-state index in [1.807, 2.05) is 6.92 Å². The number of ether oxygens (including phenoxy) is 1. The van der Waals surface area contributed by atoms with Crippen molar-refractivity contribution in [1.82, 2.24) is 0 Å². The molecule has 0 fully saturated rings. The Morgan fingerprint density at radius 2 is 1.81 bits per heavy atom. The molecule has 2 aromatic carbocycles. The van der Waals surface area contributed by atoms with Gasteiger partial charge in [0, 0.05) is 11.1 Å². The number of ketones is 1. The van der Waals surface area contributed by atoms with Gasteiger partial charge in [0.05, 0.1) is 18.1 Å². The molecule has 2 rings (SSSR count). The number of carbonyl (C=O) groups excluding carboxylic acids is 1. The van der Waals surface area contributed by atoms with Crippen molar-refractivity contribution >= 4 is 15.9 Å². The van der Waals surface area contributed by atoms with Gasteiger partial charge in [0.1, 0.15) is 6.61 Å². The normalized spacial score (nSPS) is 10.8. The monoisotopic (exact) mass is 372 g/mol. The van der Waals surface area contributed by atoms with Crippen LogP contribution in [0.3, 0.4) is 0 Å². The lowest BCUT2D eigenvalue weighted by atomic mass is 10.1. The highest BCUT2D eigenvalue weighted by atomic mass is 32.2. The molecule has 0 radical (unpaired) electrons. The van der Waals surface area contributed by atoms with Gasteiger partial charge < -0.3 is 4.74 Å². The van der Waals surface area contributed by atoms with E-state index in [1.165, 1.54) is 19.1 Å². The quantitative estimate of drug-likeness (QED) is 0.323. The van der Waals surface area contributed by atoms with Crippen molar-refractivity contribution in [3.63, 3.8) is 0 Å². The highest BCUT2D eigenvalue weighted by Gasteiger charge is 2.14. The molecule has 0 aliphatic rings. The van der Waals surface area contributed by atoms with Crippen LogP contribution in [0, 0.1) is 18.8 Å². The molecule has 136 valence electrons. The Kier molecular flexibility index (Phi) is 7.10. The number of Topliss-reactive ketones (excluding diaryl/α,β-unsaturated/α-hetero) is 1.